The highest BCUT2D eigenvalue weighted by molar-refractivity contribution is 6.26. The Balaban J connectivity index is 1.26. The van der Waals surface area contributed by atoms with Crippen molar-refractivity contribution in [2.75, 3.05) is 4.90 Å². The standard InChI is InChI=1S/C40H25NO2/c1-3-9-26(10-4-1)27-15-18-30(19-16-27)41(29-12-5-2-6-13-29)31-20-23-35-34(25-31)39-37(42-35)24-21-33-38-32-14-8-7-11-28(32)17-22-36(38)43-40(33)39/h1-25H. The number of anilines is 3. The van der Waals surface area contributed by atoms with Crippen molar-refractivity contribution in [1.29, 1.82) is 0 Å². The Kier molecular flexibility index (Phi) is 5.20. The summed E-state index contributed by atoms with van der Waals surface area (Å²) in [5.41, 5.74) is 9.01. The molecule has 0 spiro atoms. The molecule has 0 bridgehead atoms. The molecule has 0 fully saturated rings. The maximum Gasteiger partial charge on any atom is 0.147 e. The molecule has 0 radical (unpaired) electrons. The van der Waals surface area contributed by atoms with E-state index in [1.807, 2.05) is 6.07 Å². The van der Waals surface area contributed by atoms with E-state index < -0.39 is 0 Å². The predicted molar refractivity (Wildman–Crippen MR) is 179 cm³/mol. The number of hydrogen-bond donors (Lipinski definition) is 0. The molecule has 0 saturated carbocycles. The van der Waals surface area contributed by atoms with Crippen LogP contribution in [0.4, 0.5) is 17.1 Å². The van der Waals surface area contributed by atoms with Gasteiger partial charge < -0.3 is 13.7 Å². The number of benzene rings is 7. The number of furan rings is 2. The molecule has 0 aliphatic heterocycles. The monoisotopic (exact) mass is 551 g/mol. The number of para-hydroxylation sites is 1. The summed E-state index contributed by atoms with van der Waals surface area (Å²) in [5, 5.41) is 6.67. The van der Waals surface area contributed by atoms with Crippen LogP contribution in [0.3, 0.4) is 0 Å². The molecule has 3 heteroatoms. The van der Waals surface area contributed by atoms with Gasteiger partial charge >= 0.3 is 0 Å². The average Bonchev–Trinajstić information content (AvgIpc) is 3.64. The van der Waals surface area contributed by atoms with Crippen LogP contribution in [0.25, 0.3) is 65.8 Å². The van der Waals surface area contributed by atoms with Crippen LogP contribution in [-0.2, 0) is 0 Å². The van der Waals surface area contributed by atoms with Crippen LogP contribution in [0.5, 0.6) is 0 Å². The molecule has 3 nitrogen and oxygen atoms in total. The van der Waals surface area contributed by atoms with Crippen molar-refractivity contribution in [3.8, 4) is 11.1 Å². The molecule has 9 rings (SSSR count). The van der Waals surface area contributed by atoms with Gasteiger partial charge in [-0.05, 0) is 82.6 Å². The van der Waals surface area contributed by atoms with Crippen LogP contribution in [0, 0.1) is 0 Å². The van der Waals surface area contributed by atoms with Crippen LogP contribution in [0.1, 0.15) is 0 Å². The maximum atomic E-state index is 6.59. The van der Waals surface area contributed by atoms with Gasteiger partial charge in [-0.15, -0.1) is 0 Å². The molecule has 9 aromatic rings. The molecule has 0 amide bonds. The summed E-state index contributed by atoms with van der Waals surface area (Å²) in [6.45, 7) is 0. The first-order chi connectivity index (χ1) is 21.3. The molecule has 202 valence electrons. The van der Waals surface area contributed by atoms with Gasteiger partial charge in [-0.2, -0.15) is 0 Å². The van der Waals surface area contributed by atoms with Crippen LogP contribution >= 0.6 is 0 Å². The van der Waals surface area contributed by atoms with Crippen LogP contribution in [0.15, 0.2) is 160 Å². The molecule has 2 heterocycles. The highest BCUT2D eigenvalue weighted by atomic mass is 16.3. The smallest absolute Gasteiger partial charge is 0.147 e. The molecule has 43 heavy (non-hydrogen) atoms. The summed E-state index contributed by atoms with van der Waals surface area (Å²) in [6.07, 6.45) is 0. The molecule has 0 saturated heterocycles. The van der Waals surface area contributed by atoms with Crippen molar-refractivity contribution < 1.29 is 8.83 Å². The van der Waals surface area contributed by atoms with Crippen molar-refractivity contribution in [2.24, 2.45) is 0 Å². The largest absolute Gasteiger partial charge is 0.456 e. The number of nitrogens with zero attached hydrogens (tertiary/aromatic N) is 1. The van der Waals surface area contributed by atoms with Crippen molar-refractivity contribution >= 4 is 71.7 Å². The van der Waals surface area contributed by atoms with Crippen LogP contribution in [0.2, 0.25) is 0 Å². The number of fused-ring (bicyclic) bond motifs is 9. The molecule has 0 aliphatic carbocycles. The number of rotatable bonds is 4. The van der Waals surface area contributed by atoms with E-state index in [1.165, 1.54) is 21.9 Å². The fourth-order valence-corrected chi connectivity index (χ4v) is 6.45. The minimum absolute atomic E-state index is 0.821. The van der Waals surface area contributed by atoms with Crippen LogP contribution < -0.4 is 4.90 Å². The Bertz CT molecular complexity index is 2440. The van der Waals surface area contributed by atoms with Crippen molar-refractivity contribution in [1.82, 2.24) is 0 Å². The van der Waals surface area contributed by atoms with Crippen LogP contribution in [-0.4, -0.2) is 0 Å². The summed E-state index contributed by atoms with van der Waals surface area (Å²) in [7, 11) is 0. The maximum absolute atomic E-state index is 6.59. The normalized spacial score (nSPS) is 11.7. The average molecular weight is 552 g/mol. The van der Waals surface area contributed by atoms with Gasteiger partial charge in [0.25, 0.3) is 0 Å². The minimum atomic E-state index is 0.821. The molecule has 2 aromatic heterocycles. The predicted octanol–water partition coefficient (Wildman–Crippen LogP) is 11.8. The van der Waals surface area contributed by atoms with Gasteiger partial charge in [0.1, 0.15) is 22.3 Å². The molecule has 0 atom stereocenters. The SMILES string of the molecule is c1ccc(-c2ccc(N(c3ccccc3)c3ccc4oc5ccc6c(oc7ccc8ccccc8c76)c5c4c3)cc2)cc1. The van der Waals surface area contributed by atoms with Gasteiger partial charge in [-0.1, -0.05) is 91.0 Å². The second kappa shape index (κ2) is 9.37. The second-order valence-electron chi connectivity index (χ2n) is 10.9. The summed E-state index contributed by atoms with van der Waals surface area (Å²) < 4.78 is 13.0. The Labute approximate surface area is 247 Å². The first-order valence-corrected chi connectivity index (χ1v) is 14.5. The van der Waals surface area contributed by atoms with Gasteiger partial charge in [0, 0.05) is 33.2 Å². The quantitative estimate of drug-likeness (QED) is 0.218. The van der Waals surface area contributed by atoms with Gasteiger partial charge in [0.05, 0.1) is 5.39 Å². The first-order valence-electron chi connectivity index (χ1n) is 14.5. The summed E-state index contributed by atoms with van der Waals surface area (Å²) >= 11 is 0. The van der Waals surface area contributed by atoms with Gasteiger partial charge in [0.2, 0.25) is 0 Å². The van der Waals surface area contributed by atoms with E-state index in [4.69, 9.17) is 8.83 Å². The number of hydrogen-bond acceptors (Lipinski definition) is 3. The van der Waals surface area contributed by atoms with Crippen molar-refractivity contribution in [3.05, 3.63) is 152 Å². The lowest BCUT2D eigenvalue weighted by Crippen LogP contribution is -2.09. The lowest BCUT2D eigenvalue weighted by Gasteiger charge is -2.25. The van der Waals surface area contributed by atoms with E-state index in [2.05, 4.69) is 150 Å². The third-order valence-corrected chi connectivity index (χ3v) is 8.45. The zero-order valence-corrected chi connectivity index (χ0v) is 23.2. The molecule has 0 aliphatic rings. The third-order valence-electron chi connectivity index (χ3n) is 8.45. The zero-order valence-electron chi connectivity index (χ0n) is 23.2. The van der Waals surface area contributed by atoms with Gasteiger partial charge in [0.15, 0.2) is 0 Å². The Morgan fingerprint density at radius 3 is 1.84 bits per heavy atom. The molecule has 7 aromatic carbocycles. The molecular formula is C40H25NO2. The summed E-state index contributed by atoms with van der Waals surface area (Å²) in [4.78, 5) is 2.29. The van der Waals surface area contributed by atoms with E-state index in [9.17, 15) is 0 Å². The Hall–Kier alpha value is -5.80. The Morgan fingerprint density at radius 2 is 1.00 bits per heavy atom. The summed E-state index contributed by atoms with van der Waals surface area (Å²) in [6, 6.07) is 53.1. The van der Waals surface area contributed by atoms with E-state index in [0.29, 0.717) is 0 Å². The lowest BCUT2D eigenvalue weighted by molar-refractivity contribution is 0.663. The zero-order chi connectivity index (χ0) is 28.3. The van der Waals surface area contributed by atoms with Gasteiger partial charge in [-0.25, -0.2) is 0 Å². The highest BCUT2D eigenvalue weighted by Crippen LogP contribution is 2.44. The van der Waals surface area contributed by atoms with E-state index in [1.54, 1.807) is 0 Å². The summed E-state index contributed by atoms with van der Waals surface area (Å²) in [5.74, 6) is 0. The fraction of sp³-hybridized carbons (Fsp3) is 0. The third kappa shape index (κ3) is 3.75. The molecule has 0 N–H and O–H groups in total. The second-order valence-corrected chi connectivity index (χ2v) is 10.9. The van der Waals surface area contributed by atoms with E-state index in [0.717, 1.165) is 60.9 Å². The lowest BCUT2D eigenvalue weighted by atomic mass is 10.0. The van der Waals surface area contributed by atoms with Crippen molar-refractivity contribution in [3.63, 3.8) is 0 Å². The minimum Gasteiger partial charge on any atom is -0.456 e. The Morgan fingerprint density at radius 1 is 0.372 bits per heavy atom. The highest BCUT2D eigenvalue weighted by Gasteiger charge is 2.20. The van der Waals surface area contributed by atoms with E-state index >= 15 is 0 Å². The molecular weight excluding hydrogens is 526 g/mol. The van der Waals surface area contributed by atoms with E-state index in [-0.39, 0.29) is 0 Å². The topological polar surface area (TPSA) is 29.5 Å². The van der Waals surface area contributed by atoms with Crippen molar-refractivity contribution in [2.45, 2.75) is 0 Å². The first kappa shape index (κ1) is 23.9. The fourth-order valence-electron chi connectivity index (χ4n) is 6.45. The molecule has 0 unspecified atom stereocenters. The van der Waals surface area contributed by atoms with Gasteiger partial charge in [-0.3, -0.25) is 0 Å².